The van der Waals surface area contributed by atoms with Crippen molar-refractivity contribution in [3.8, 4) is 0 Å². The molecule has 4 aromatic rings. The number of nitrogens with zero attached hydrogens (tertiary/aromatic N) is 1. The van der Waals surface area contributed by atoms with Crippen molar-refractivity contribution in [2.45, 2.75) is 52.2 Å². The summed E-state index contributed by atoms with van der Waals surface area (Å²) in [5.41, 5.74) is 11.7. The Bertz CT molecular complexity index is 1910. The van der Waals surface area contributed by atoms with Gasteiger partial charge in [-0.2, -0.15) is 0 Å². The monoisotopic (exact) mass is 774 g/mol. The van der Waals surface area contributed by atoms with Crippen molar-refractivity contribution in [2.24, 2.45) is 5.73 Å². The lowest BCUT2D eigenvalue weighted by Gasteiger charge is -2.20. The first-order valence-corrected chi connectivity index (χ1v) is 18.5. The molecule has 1 unspecified atom stereocenters. The molecular formula is C41H49ClF2N8O3. The fraction of sp³-hybridized carbons (Fsp3) is 0.317. The van der Waals surface area contributed by atoms with E-state index in [9.17, 15) is 23.2 Å². The Morgan fingerprint density at radius 1 is 0.891 bits per heavy atom. The van der Waals surface area contributed by atoms with Gasteiger partial charge in [-0.3, -0.25) is 14.5 Å². The molecule has 0 spiro atoms. The molecule has 1 fully saturated rings. The lowest BCUT2D eigenvalue weighted by Crippen LogP contribution is -2.50. The number of nitrogens with two attached hydrogens (primary N) is 1. The van der Waals surface area contributed by atoms with Gasteiger partial charge in [0, 0.05) is 41.6 Å². The third kappa shape index (κ3) is 13.8. The molecule has 1 heterocycles. The molecule has 1 atom stereocenters. The number of urea groups is 1. The average Bonchev–Trinajstić information content (AvgIpc) is 3.68. The Kier molecular flexibility index (Phi) is 16.6. The standard InChI is InChI=1S/C34H43ClN8O3.C7H6F2/c1-23-8-7-11-28(35)27(23)20-38-31-18-25(12-13-26(31)29(37)22-43-16-5-6-17-43)41-34(46)40-21-32(44)42-30(14-15-36)33(45)39-19-24-9-3-2-4-10-24;1-5-2-3-6(8)7(9)4-5/h2-4,7-13,18,30,37-38H,5-6,14-17,19-22,36H2,1H3,(H,39,45)(H,42,44)(H2,40,41,46);2-4H,1H3. The largest absolute Gasteiger partial charge is 0.380 e. The third-order valence-electron chi connectivity index (χ3n) is 8.89. The summed E-state index contributed by atoms with van der Waals surface area (Å²) in [6.45, 7) is 6.82. The van der Waals surface area contributed by atoms with E-state index < -0.39 is 29.6 Å². The minimum Gasteiger partial charge on any atom is -0.380 e. The number of amides is 4. The fourth-order valence-electron chi connectivity index (χ4n) is 5.88. The Hall–Kier alpha value is -5.37. The van der Waals surface area contributed by atoms with Crippen LogP contribution >= 0.6 is 11.6 Å². The second-order valence-electron chi connectivity index (χ2n) is 13.2. The Morgan fingerprint density at radius 2 is 1.64 bits per heavy atom. The summed E-state index contributed by atoms with van der Waals surface area (Å²) in [5.74, 6) is -2.45. The highest BCUT2D eigenvalue weighted by molar-refractivity contribution is 6.31. The summed E-state index contributed by atoms with van der Waals surface area (Å²) >= 11 is 6.46. The molecule has 1 saturated heterocycles. The van der Waals surface area contributed by atoms with Crippen molar-refractivity contribution >= 4 is 46.5 Å². The zero-order valence-corrected chi connectivity index (χ0v) is 31.9. The summed E-state index contributed by atoms with van der Waals surface area (Å²) in [4.78, 5) is 40.4. The second kappa shape index (κ2) is 21.5. The van der Waals surface area contributed by atoms with Gasteiger partial charge in [-0.15, -0.1) is 0 Å². The third-order valence-corrected chi connectivity index (χ3v) is 9.25. The Labute approximate surface area is 325 Å². The molecule has 0 aromatic heterocycles. The van der Waals surface area contributed by atoms with Crippen molar-refractivity contribution in [3.63, 3.8) is 0 Å². The number of hydrogen-bond acceptors (Lipinski definition) is 7. The number of nitrogens with one attached hydrogen (secondary N) is 6. The maximum Gasteiger partial charge on any atom is 0.319 e. The van der Waals surface area contributed by atoms with E-state index in [1.54, 1.807) is 19.1 Å². The first-order valence-electron chi connectivity index (χ1n) is 18.1. The molecule has 0 bridgehead atoms. The van der Waals surface area contributed by atoms with E-state index in [1.165, 1.54) is 6.07 Å². The predicted molar refractivity (Wildman–Crippen MR) is 214 cm³/mol. The van der Waals surface area contributed by atoms with Crippen molar-refractivity contribution < 1.29 is 23.2 Å². The minimum absolute atomic E-state index is 0.204. The van der Waals surface area contributed by atoms with E-state index in [4.69, 9.17) is 22.7 Å². The number of anilines is 2. The van der Waals surface area contributed by atoms with Crippen LogP contribution < -0.4 is 32.3 Å². The number of aryl methyl sites for hydroxylation is 2. The molecular weight excluding hydrogens is 726 g/mol. The molecule has 0 radical (unpaired) electrons. The quantitative estimate of drug-likeness (QED) is 0.0705. The first kappa shape index (κ1) is 42.4. The number of benzene rings is 4. The molecule has 11 nitrogen and oxygen atoms in total. The van der Waals surface area contributed by atoms with Gasteiger partial charge in [0.1, 0.15) is 6.04 Å². The summed E-state index contributed by atoms with van der Waals surface area (Å²) in [6.07, 6.45) is 2.52. The van der Waals surface area contributed by atoms with Gasteiger partial charge in [0.2, 0.25) is 11.8 Å². The highest BCUT2D eigenvalue weighted by atomic mass is 35.5. The smallest absolute Gasteiger partial charge is 0.319 e. The van der Waals surface area contributed by atoms with Crippen molar-refractivity contribution in [2.75, 3.05) is 43.4 Å². The van der Waals surface area contributed by atoms with Crippen LogP contribution in [-0.2, 0) is 22.7 Å². The summed E-state index contributed by atoms with van der Waals surface area (Å²) in [6, 6.07) is 22.9. The van der Waals surface area contributed by atoms with Gasteiger partial charge in [0.05, 0.1) is 12.3 Å². The molecule has 0 saturated carbocycles. The first-order chi connectivity index (χ1) is 26.4. The molecule has 5 rings (SSSR count). The number of hydrogen-bond donors (Lipinski definition) is 7. The highest BCUT2D eigenvalue weighted by Crippen LogP contribution is 2.26. The van der Waals surface area contributed by atoms with Crippen molar-refractivity contribution in [1.29, 1.82) is 5.41 Å². The second-order valence-corrected chi connectivity index (χ2v) is 13.6. The van der Waals surface area contributed by atoms with Crippen LogP contribution in [0.4, 0.5) is 25.0 Å². The van der Waals surface area contributed by atoms with E-state index in [-0.39, 0.29) is 25.4 Å². The molecule has 292 valence electrons. The van der Waals surface area contributed by atoms with E-state index in [0.29, 0.717) is 41.7 Å². The van der Waals surface area contributed by atoms with Crippen LogP contribution in [0, 0.1) is 30.9 Å². The van der Waals surface area contributed by atoms with E-state index >= 15 is 0 Å². The van der Waals surface area contributed by atoms with E-state index in [2.05, 4.69) is 31.5 Å². The van der Waals surface area contributed by atoms with Crippen LogP contribution in [0.3, 0.4) is 0 Å². The molecule has 55 heavy (non-hydrogen) atoms. The maximum absolute atomic E-state index is 12.8. The lowest BCUT2D eigenvalue weighted by molar-refractivity contribution is -0.128. The summed E-state index contributed by atoms with van der Waals surface area (Å²) in [5, 5.41) is 23.7. The van der Waals surface area contributed by atoms with Gasteiger partial charge >= 0.3 is 6.03 Å². The maximum atomic E-state index is 12.8. The van der Waals surface area contributed by atoms with Crippen LogP contribution in [0.25, 0.3) is 0 Å². The minimum atomic E-state index is -0.829. The van der Waals surface area contributed by atoms with Crippen LogP contribution in [0.2, 0.25) is 5.02 Å². The van der Waals surface area contributed by atoms with Gasteiger partial charge in [-0.1, -0.05) is 60.1 Å². The zero-order valence-electron chi connectivity index (χ0n) is 31.1. The Balaban J connectivity index is 0.000000654. The molecule has 4 amide bonds. The SMILES string of the molecule is Cc1ccc(F)c(F)c1.Cc1cccc(Cl)c1CNc1cc(NC(=O)NCC(=O)NC(CCN)C(=O)NCc2ccccc2)ccc1C(=N)CN1CCCC1. The van der Waals surface area contributed by atoms with Gasteiger partial charge in [-0.25, -0.2) is 13.6 Å². The van der Waals surface area contributed by atoms with Crippen molar-refractivity contribution in [3.05, 3.63) is 129 Å². The van der Waals surface area contributed by atoms with E-state index in [1.807, 2.05) is 61.5 Å². The van der Waals surface area contributed by atoms with Crippen LogP contribution in [0.1, 0.15) is 47.1 Å². The van der Waals surface area contributed by atoms with Crippen LogP contribution in [-0.4, -0.2) is 67.2 Å². The number of halogens is 3. The number of carbonyl (C=O) groups excluding carboxylic acids is 3. The molecule has 8 N–H and O–H groups in total. The molecule has 14 heteroatoms. The summed E-state index contributed by atoms with van der Waals surface area (Å²) < 4.78 is 24.3. The van der Waals surface area contributed by atoms with Gasteiger partial charge in [0.15, 0.2) is 11.6 Å². The normalized spacial score (nSPS) is 12.8. The topological polar surface area (TPSA) is 164 Å². The highest BCUT2D eigenvalue weighted by Gasteiger charge is 2.21. The van der Waals surface area contributed by atoms with Crippen LogP contribution in [0.15, 0.2) is 84.9 Å². The molecule has 0 aliphatic carbocycles. The molecule has 4 aromatic carbocycles. The summed E-state index contributed by atoms with van der Waals surface area (Å²) in [7, 11) is 0. The lowest BCUT2D eigenvalue weighted by atomic mass is 10.0. The van der Waals surface area contributed by atoms with Crippen molar-refractivity contribution in [1.82, 2.24) is 20.9 Å². The number of likely N-dealkylation sites (tertiary alicyclic amines) is 1. The zero-order chi connectivity index (χ0) is 39.7. The Morgan fingerprint density at radius 3 is 2.31 bits per heavy atom. The molecule has 1 aliphatic rings. The van der Waals surface area contributed by atoms with Crippen LogP contribution in [0.5, 0.6) is 0 Å². The van der Waals surface area contributed by atoms with E-state index in [0.717, 1.165) is 65.9 Å². The fourth-order valence-corrected chi connectivity index (χ4v) is 6.17. The van der Waals surface area contributed by atoms with Gasteiger partial charge < -0.3 is 37.7 Å². The van der Waals surface area contributed by atoms with Gasteiger partial charge in [-0.05, 0) is 111 Å². The van der Waals surface area contributed by atoms with Gasteiger partial charge in [0.25, 0.3) is 0 Å². The predicted octanol–water partition coefficient (Wildman–Crippen LogP) is 6.27. The number of carbonyl (C=O) groups is 3. The molecule has 1 aliphatic heterocycles. The number of rotatable bonds is 15. The average molecular weight is 775 g/mol.